The van der Waals surface area contributed by atoms with Crippen LogP contribution >= 0.6 is 0 Å². The molecule has 1 aromatic carbocycles. The number of oxazole rings is 1. The van der Waals surface area contributed by atoms with Crippen molar-refractivity contribution in [2.45, 2.75) is 32.9 Å². The van der Waals surface area contributed by atoms with Crippen LogP contribution in [0.25, 0.3) is 16.7 Å². The lowest BCUT2D eigenvalue weighted by Crippen LogP contribution is -2.53. The number of hydrogen-bond donors (Lipinski definition) is 1. The number of allylic oxidation sites excluding steroid dienone is 6. The number of benzene rings is 1. The lowest BCUT2D eigenvalue weighted by Gasteiger charge is -2.39. The number of fused-ring (bicyclic) bond motifs is 2. The maximum atomic E-state index is 13.2. The van der Waals surface area contributed by atoms with E-state index in [1.165, 1.54) is 0 Å². The second-order valence-corrected chi connectivity index (χ2v) is 8.43. The number of piperazine rings is 1. The summed E-state index contributed by atoms with van der Waals surface area (Å²) in [5, 5.41) is 3.55. The Kier molecular flexibility index (Phi) is 4.87. The third-order valence-corrected chi connectivity index (χ3v) is 5.77. The third-order valence-electron chi connectivity index (χ3n) is 5.77. The van der Waals surface area contributed by atoms with Crippen LogP contribution in [0.15, 0.2) is 76.7 Å². The molecule has 0 bridgehead atoms. The average Bonchev–Trinajstić information content (AvgIpc) is 3.10. The van der Waals surface area contributed by atoms with Crippen molar-refractivity contribution in [2.75, 3.05) is 13.1 Å². The van der Waals surface area contributed by atoms with Crippen LogP contribution in [-0.4, -0.2) is 45.9 Å². The molecule has 2 atom stereocenters. The van der Waals surface area contributed by atoms with Crippen LogP contribution in [0.1, 0.15) is 25.3 Å². The number of carbonyl (C=O) groups is 1. The Morgan fingerprint density at radius 1 is 1.10 bits per heavy atom. The Morgan fingerprint density at radius 3 is 2.68 bits per heavy atom. The van der Waals surface area contributed by atoms with Crippen LogP contribution in [0.3, 0.4) is 0 Å². The van der Waals surface area contributed by atoms with Crippen molar-refractivity contribution in [1.29, 1.82) is 0 Å². The summed E-state index contributed by atoms with van der Waals surface area (Å²) in [6.45, 7) is 8.04. The van der Waals surface area contributed by atoms with E-state index in [2.05, 4.69) is 35.1 Å². The Hall–Kier alpha value is -3.38. The minimum absolute atomic E-state index is 0.0717. The maximum Gasteiger partial charge on any atom is 0.255 e. The van der Waals surface area contributed by atoms with Gasteiger partial charge in [0, 0.05) is 50.1 Å². The van der Waals surface area contributed by atoms with E-state index < -0.39 is 0 Å². The van der Waals surface area contributed by atoms with Crippen LogP contribution in [-0.2, 0) is 4.79 Å². The molecular weight excluding hydrogens is 388 g/mol. The zero-order valence-electron chi connectivity index (χ0n) is 18.0. The fraction of sp³-hybridized carbons (Fsp3) is 0.280. The first-order valence-electron chi connectivity index (χ1n) is 10.7. The van der Waals surface area contributed by atoms with E-state index in [0.29, 0.717) is 18.0 Å². The Morgan fingerprint density at radius 2 is 1.87 bits per heavy atom. The first kappa shape index (κ1) is 19.6. The number of aromatic nitrogens is 1. The summed E-state index contributed by atoms with van der Waals surface area (Å²) < 4.78 is 5.67. The molecule has 6 heteroatoms. The summed E-state index contributed by atoms with van der Waals surface area (Å²) in [6, 6.07) is 6.64. The van der Waals surface area contributed by atoms with E-state index in [1.54, 1.807) is 11.0 Å². The number of amides is 1. The van der Waals surface area contributed by atoms with E-state index in [9.17, 15) is 4.79 Å². The molecular formula is C25H26N4O2. The Labute approximate surface area is 181 Å². The molecule has 1 aromatic heterocycles. The standard InChI is InChI=1S/C25H26N4O2/c1-16-13-28(14-17(2)26-16)22-9-8-21-6-4-5-19(12-25(30)29(21)15-22)20-7-10-23-24(11-20)31-18(3)27-23/h4-12,15-17,26H,13-14H2,1-3H3/b5-4?,19-12?,21-6+/t16-,17+. The van der Waals surface area contributed by atoms with E-state index in [0.717, 1.165) is 46.7 Å². The fourth-order valence-electron chi connectivity index (χ4n) is 4.45. The number of hydrogen-bond acceptors (Lipinski definition) is 5. The van der Waals surface area contributed by atoms with Crippen molar-refractivity contribution >= 4 is 22.6 Å². The molecule has 0 aliphatic carbocycles. The molecule has 0 unspecified atom stereocenters. The number of nitrogens with zero attached hydrogens (tertiary/aromatic N) is 3. The van der Waals surface area contributed by atoms with Crippen molar-refractivity contribution in [3.8, 4) is 0 Å². The van der Waals surface area contributed by atoms with Gasteiger partial charge in [0.05, 0.1) is 5.70 Å². The zero-order valence-corrected chi connectivity index (χ0v) is 18.0. The smallest absolute Gasteiger partial charge is 0.255 e. The topological polar surface area (TPSA) is 61.6 Å². The zero-order chi connectivity index (χ0) is 21.5. The summed E-state index contributed by atoms with van der Waals surface area (Å²) in [5.41, 5.74) is 5.22. The van der Waals surface area contributed by atoms with Crippen LogP contribution < -0.4 is 5.32 Å². The number of carbonyl (C=O) groups excluding carboxylic acids is 1. The monoisotopic (exact) mass is 414 g/mol. The highest BCUT2D eigenvalue weighted by atomic mass is 16.3. The lowest BCUT2D eigenvalue weighted by molar-refractivity contribution is -0.122. The van der Waals surface area contributed by atoms with Gasteiger partial charge in [-0.25, -0.2) is 4.98 Å². The van der Waals surface area contributed by atoms with Gasteiger partial charge in [0.15, 0.2) is 11.5 Å². The summed E-state index contributed by atoms with van der Waals surface area (Å²) >= 11 is 0. The first-order valence-corrected chi connectivity index (χ1v) is 10.7. The first-order chi connectivity index (χ1) is 15.0. The van der Waals surface area contributed by atoms with Gasteiger partial charge in [0.25, 0.3) is 5.91 Å². The summed E-state index contributed by atoms with van der Waals surface area (Å²) in [5.74, 6) is 0.560. The van der Waals surface area contributed by atoms with Crippen molar-refractivity contribution in [2.24, 2.45) is 0 Å². The molecule has 31 heavy (non-hydrogen) atoms. The molecule has 4 heterocycles. The highest BCUT2D eigenvalue weighted by Gasteiger charge is 2.25. The highest BCUT2D eigenvalue weighted by Crippen LogP contribution is 2.27. The summed E-state index contributed by atoms with van der Waals surface area (Å²) in [4.78, 5) is 21.7. The number of nitrogens with one attached hydrogen (secondary N) is 1. The van der Waals surface area contributed by atoms with Gasteiger partial charge in [0.1, 0.15) is 5.52 Å². The van der Waals surface area contributed by atoms with E-state index in [1.807, 2.05) is 55.6 Å². The normalized spacial score (nSPS) is 25.5. The molecule has 0 spiro atoms. The fourth-order valence-corrected chi connectivity index (χ4v) is 4.45. The Balaban J connectivity index is 1.47. The predicted molar refractivity (Wildman–Crippen MR) is 122 cm³/mol. The van der Waals surface area contributed by atoms with Crippen LogP contribution in [0.2, 0.25) is 0 Å². The van der Waals surface area contributed by atoms with Crippen LogP contribution in [0.5, 0.6) is 0 Å². The molecule has 158 valence electrons. The van der Waals surface area contributed by atoms with Crippen LogP contribution in [0.4, 0.5) is 0 Å². The second kappa shape index (κ2) is 7.71. The maximum absolute atomic E-state index is 13.2. The number of aryl methyl sites for hydroxylation is 1. The quantitative estimate of drug-likeness (QED) is 0.808. The van der Waals surface area contributed by atoms with Gasteiger partial charge in [-0.1, -0.05) is 18.2 Å². The minimum Gasteiger partial charge on any atom is -0.441 e. The average molecular weight is 415 g/mol. The summed E-state index contributed by atoms with van der Waals surface area (Å²) in [7, 11) is 0. The minimum atomic E-state index is -0.0717. The van der Waals surface area contributed by atoms with Gasteiger partial charge >= 0.3 is 0 Å². The molecule has 1 amide bonds. The van der Waals surface area contributed by atoms with E-state index in [-0.39, 0.29) is 5.91 Å². The van der Waals surface area contributed by atoms with E-state index in [4.69, 9.17) is 4.42 Å². The number of rotatable bonds is 2. The molecule has 2 aromatic rings. The molecule has 0 saturated carbocycles. The van der Waals surface area contributed by atoms with Crippen molar-refractivity contribution in [3.05, 3.63) is 83.7 Å². The molecule has 6 nitrogen and oxygen atoms in total. The summed E-state index contributed by atoms with van der Waals surface area (Å²) in [6.07, 6.45) is 13.7. The molecule has 1 saturated heterocycles. The lowest BCUT2D eigenvalue weighted by atomic mass is 10.0. The van der Waals surface area contributed by atoms with Gasteiger partial charge in [-0.2, -0.15) is 0 Å². The van der Waals surface area contributed by atoms with Crippen LogP contribution in [0, 0.1) is 6.92 Å². The van der Waals surface area contributed by atoms with Gasteiger partial charge in [-0.15, -0.1) is 0 Å². The van der Waals surface area contributed by atoms with E-state index >= 15 is 0 Å². The molecule has 5 rings (SSSR count). The van der Waals surface area contributed by atoms with Gasteiger partial charge in [-0.05, 0) is 55.3 Å². The van der Waals surface area contributed by atoms with Gasteiger partial charge < -0.3 is 14.6 Å². The molecule has 0 radical (unpaired) electrons. The predicted octanol–water partition coefficient (Wildman–Crippen LogP) is 3.90. The van der Waals surface area contributed by atoms with Gasteiger partial charge in [-0.3, -0.25) is 9.69 Å². The Bertz CT molecular complexity index is 1190. The molecule has 1 fully saturated rings. The van der Waals surface area contributed by atoms with Crippen molar-refractivity contribution < 1.29 is 9.21 Å². The molecule has 1 N–H and O–H groups in total. The SMILES string of the molecule is Cc1nc2ccc(C3=CC(=O)N4C=C(N5C[C@@H](C)N[C@@H](C)C5)C=C/C4=C\C=C3)cc2o1. The molecule has 3 aliphatic rings. The highest BCUT2D eigenvalue weighted by molar-refractivity contribution is 6.00. The second-order valence-electron chi connectivity index (χ2n) is 8.43. The molecule has 3 aliphatic heterocycles. The van der Waals surface area contributed by atoms with Crippen molar-refractivity contribution in [3.63, 3.8) is 0 Å². The largest absolute Gasteiger partial charge is 0.441 e. The van der Waals surface area contributed by atoms with Gasteiger partial charge in [0.2, 0.25) is 0 Å². The third kappa shape index (κ3) is 3.86. The van der Waals surface area contributed by atoms with Crippen molar-refractivity contribution in [1.82, 2.24) is 20.1 Å².